The van der Waals surface area contributed by atoms with Crippen LogP contribution >= 0.6 is 22.7 Å². The summed E-state index contributed by atoms with van der Waals surface area (Å²) in [6, 6.07) is 84.9. The average molecular weight is 1050 g/mol. The Morgan fingerprint density at radius 3 is 1.49 bits per heavy atom. The Morgan fingerprint density at radius 2 is 0.912 bits per heavy atom. The molecule has 0 saturated heterocycles. The van der Waals surface area contributed by atoms with Crippen molar-refractivity contribution in [3.8, 4) is 55.6 Å². The van der Waals surface area contributed by atoms with Crippen molar-refractivity contribution in [1.29, 1.82) is 0 Å². The van der Waals surface area contributed by atoms with Gasteiger partial charge in [-0.2, -0.15) is 0 Å². The number of anilines is 2. The van der Waals surface area contributed by atoms with Gasteiger partial charge in [0, 0.05) is 57.2 Å². The molecule has 0 unspecified atom stereocenters. The van der Waals surface area contributed by atoms with Crippen molar-refractivity contribution in [2.75, 3.05) is 4.90 Å². The Labute approximate surface area is 473 Å². The van der Waals surface area contributed by atoms with Gasteiger partial charge in [0.1, 0.15) is 0 Å². The molecule has 2 bridgehead atoms. The first kappa shape index (κ1) is 47.6. The minimum Gasteiger partial charge on any atom is -0.303 e. The molecule has 0 N–H and O–H groups in total. The van der Waals surface area contributed by atoms with E-state index in [9.17, 15) is 0 Å². The van der Waals surface area contributed by atoms with Crippen LogP contribution in [0, 0.1) is 0 Å². The molecule has 1 nitrogen and oxygen atoms in total. The van der Waals surface area contributed by atoms with Gasteiger partial charge in [0.15, 0.2) is 0 Å². The molecule has 0 spiro atoms. The standard InChI is InChI=1S/C77H51NS2/c1-3-5-30-64-58(4-2)72(51-26-13-8-14-27-51)65-31-15-16-32-66(65)73(64)55-28-17-29-56(47-55)78-57-45-52(41-42-53(46-57)62-35-20-39-69-67-37-18-33-60(74(67)79-76(62)69)49-22-9-6-10-23-49)59-44-43-54(48-71(59)78)63-36-21-40-70-68-38-19-34-61(75(68)80-77(63)70)50-24-11-7-12-25-50/h3-4,6-44,46-48H,1,5H2,2H3/b58-4+,64-30+. The summed E-state index contributed by atoms with van der Waals surface area (Å²) >= 11 is 3.80. The largest absolute Gasteiger partial charge is 0.303 e. The summed E-state index contributed by atoms with van der Waals surface area (Å²) in [5, 5.41) is 10.0. The van der Waals surface area contributed by atoms with Gasteiger partial charge in [0.05, 0.1) is 11.4 Å². The van der Waals surface area contributed by atoms with Crippen LogP contribution in [0.3, 0.4) is 0 Å². The van der Waals surface area contributed by atoms with Crippen LogP contribution in [0.4, 0.5) is 11.4 Å². The zero-order chi connectivity index (χ0) is 53.3. The lowest BCUT2D eigenvalue weighted by atomic mass is 9.87. The van der Waals surface area contributed by atoms with E-state index in [0.717, 1.165) is 45.8 Å². The van der Waals surface area contributed by atoms with E-state index >= 15 is 0 Å². The molecule has 1 aliphatic carbocycles. The number of benzene rings is 11. The predicted octanol–water partition coefficient (Wildman–Crippen LogP) is 20.7. The quantitative estimate of drug-likeness (QED) is 0.103. The van der Waals surface area contributed by atoms with Gasteiger partial charge in [-0.1, -0.05) is 242 Å². The van der Waals surface area contributed by atoms with Crippen LogP contribution in [0.1, 0.15) is 24.5 Å². The molecule has 0 saturated carbocycles. The molecule has 0 radical (unpaired) electrons. The minimum absolute atomic E-state index is 0.740. The lowest BCUT2D eigenvalue weighted by Crippen LogP contribution is -2.29. The van der Waals surface area contributed by atoms with Gasteiger partial charge in [-0.25, -0.2) is 0 Å². The molecule has 0 amide bonds. The third-order valence-electron chi connectivity index (χ3n) is 16.1. The molecule has 3 heterocycles. The number of rotatable bonds is 9. The number of thiophene rings is 2. The number of allylic oxidation sites excluding steroid dienone is 5. The molecule has 2 aromatic heterocycles. The highest BCUT2D eigenvalue weighted by atomic mass is 32.1. The highest BCUT2D eigenvalue weighted by molar-refractivity contribution is 7.27. The van der Waals surface area contributed by atoms with Crippen molar-refractivity contribution in [3.05, 3.63) is 294 Å². The molecule has 376 valence electrons. The number of nitrogens with zero attached hydrogens (tertiary/aromatic N) is 1. The summed E-state index contributed by atoms with van der Waals surface area (Å²) in [5.74, 6) is 0. The van der Waals surface area contributed by atoms with Crippen LogP contribution in [0.25, 0.3) is 130 Å². The molecule has 11 aromatic carbocycles. The smallest absolute Gasteiger partial charge is 0.0903 e. The van der Waals surface area contributed by atoms with E-state index in [0.29, 0.717) is 0 Å². The highest BCUT2D eigenvalue weighted by Gasteiger charge is 2.27. The maximum Gasteiger partial charge on any atom is 0.0903 e. The Morgan fingerprint density at radius 1 is 0.425 bits per heavy atom. The van der Waals surface area contributed by atoms with E-state index in [4.69, 9.17) is 0 Å². The molecule has 2 aliphatic rings. The molecule has 0 fully saturated rings. The first-order valence-corrected chi connectivity index (χ1v) is 29.1. The zero-order valence-corrected chi connectivity index (χ0v) is 45.7. The Bertz CT molecular complexity index is 4960. The third kappa shape index (κ3) is 7.81. The molecule has 15 rings (SSSR count). The fourth-order valence-electron chi connectivity index (χ4n) is 12.6. The highest BCUT2D eigenvalue weighted by Crippen LogP contribution is 2.50. The molecule has 1 aliphatic heterocycles. The van der Waals surface area contributed by atoms with Crippen molar-refractivity contribution in [3.63, 3.8) is 0 Å². The van der Waals surface area contributed by atoms with E-state index in [1.54, 1.807) is 0 Å². The van der Waals surface area contributed by atoms with Crippen LogP contribution in [0.15, 0.2) is 273 Å². The second-order valence-electron chi connectivity index (χ2n) is 20.6. The Balaban J connectivity index is 0.950. The van der Waals surface area contributed by atoms with E-state index in [2.05, 4.69) is 285 Å². The Kier molecular flexibility index (Phi) is 11.7. The maximum atomic E-state index is 4.19. The van der Waals surface area contributed by atoms with E-state index in [-0.39, 0.29) is 0 Å². The summed E-state index contributed by atoms with van der Waals surface area (Å²) in [6.07, 6.45) is 14.4. The topological polar surface area (TPSA) is 3.24 Å². The fraction of sp³-hybridized carbons (Fsp3) is 0.0260. The lowest BCUT2D eigenvalue weighted by Gasteiger charge is -2.31. The summed E-state index contributed by atoms with van der Waals surface area (Å²) in [7, 11) is 0. The summed E-state index contributed by atoms with van der Waals surface area (Å²) < 4.78 is 5.18. The third-order valence-corrected chi connectivity index (χ3v) is 18.7. The second kappa shape index (κ2) is 19.7. The van der Waals surface area contributed by atoms with Gasteiger partial charge >= 0.3 is 0 Å². The molecule has 13 aromatic rings. The molecular weight excluding hydrogens is 1000 g/mol. The minimum atomic E-state index is 0.740. The average Bonchev–Trinajstić information content (AvgIpc) is 4.08. The summed E-state index contributed by atoms with van der Waals surface area (Å²) in [4.78, 5) is 2.47. The van der Waals surface area contributed by atoms with Gasteiger partial charge in [-0.15, -0.1) is 29.3 Å². The normalized spacial score (nSPS) is 13.5. The molecule has 80 heavy (non-hydrogen) atoms. The van der Waals surface area contributed by atoms with Crippen molar-refractivity contribution in [2.45, 2.75) is 13.3 Å². The number of hydrogen-bond acceptors (Lipinski definition) is 3. The molecule has 0 atom stereocenters. The second-order valence-corrected chi connectivity index (χ2v) is 22.7. The van der Waals surface area contributed by atoms with E-state index < -0.39 is 0 Å². The first-order chi connectivity index (χ1) is 39.6. The lowest BCUT2D eigenvalue weighted by molar-refractivity contribution is 1.20. The van der Waals surface area contributed by atoms with E-state index in [1.807, 2.05) is 28.7 Å². The summed E-state index contributed by atoms with van der Waals surface area (Å²) in [5.41, 5.74) is 23.9. The number of hydrogen-bond donors (Lipinski definition) is 0. The van der Waals surface area contributed by atoms with Crippen molar-refractivity contribution in [1.82, 2.24) is 0 Å². The maximum absolute atomic E-state index is 4.19. The van der Waals surface area contributed by atoms with Gasteiger partial charge in [0.2, 0.25) is 0 Å². The molecular formula is C77H51NS2. The van der Waals surface area contributed by atoms with Crippen LogP contribution in [-0.2, 0) is 0 Å². The monoisotopic (exact) mass is 1050 g/mol. The fourth-order valence-corrected chi connectivity index (χ4v) is 15.3. The zero-order valence-electron chi connectivity index (χ0n) is 44.1. The van der Waals surface area contributed by atoms with Gasteiger partial charge in [-0.3, -0.25) is 0 Å². The van der Waals surface area contributed by atoms with Crippen LogP contribution in [0.2, 0.25) is 0 Å². The van der Waals surface area contributed by atoms with Crippen LogP contribution in [-0.4, -0.2) is 0 Å². The van der Waals surface area contributed by atoms with Crippen molar-refractivity contribution < 1.29 is 0 Å². The SMILES string of the molecule is C=CC/C=c1/c(-c2cccc(N3C4=C=C(C=CC(c5cccc6c5sc5c(-c7ccccc7)cccc56)=C4)c4ccc(-c5cccc6c5sc5c(-c7ccccc7)cccc56)cc43)c2)c2ccccc2c(-c2ccccc2)/c1=C/C. The summed E-state index contributed by atoms with van der Waals surface area (Å²) in [6.45, 7) is 6.36. The van der Waals surface area contributed by atoms with Gasteiger partial charge in [-0.05, 0) is 132 Å². The van der Waals surface area contributed by atoms with Crippen LogP contribution < -0.4 is 15.3 Å². The van der Waals surface area contributed by atoms with Crippen molar-refractivity contribution >= 4 is 108 Å². The van der Waals surface area contributed by atoms with Crippen molar-refractivity contribution in [2.24, 2.45) is 0 Å². The predicted molar refractivity (Wildman–Crippen MR) is 348 cm³/mol. The Hall–Kier alpha value is -9.60. The van der Waals surface area contributed by atoms with Gasteiger partial charge in [0.25, 0.3) is 0 Å². The van der Waals surface area contributed by atoms with E-state index in [1.165, 1.54) is 117 Å². The first-order valence-electron chi connectivity index (χ1n) is 27.4. The van der Waals surface area contributed by atoms with Gasteiger partial charge < -0.3 is 4.90 Å². The van der Waals surface area contributed by atoms with Crippen LogP contribution in [0.5, 0.6) is 0 Å². The molecule has 3 heteroatoms. The number of fused-ring (bicyclic) bond motifs is 9.